The van der Waals surface area contributed by atoms with E-state index in [-0.39, 0.29) is 0 Å². The lowest BCUT2D eigenvalue weighted by Gasteiger charge is -2.26. The molecule has 1 aliphatic rings. The van der Waals surface area contributed by atoms with Crippen LogP contribution in [0.5, 0.6) is 0 Å². The van der Waals surface area contributed by atoms with Crippen molar-refractivity contribution in [1.82, 2.24) is 20.0 Å². The maximum absolute atomic E-state index is 5.39. The molecular formula is C20H24N6O2. The standard InChI is InChI=1S/C20H24N6O2/c1-15-13-19(25-28-15)23-18-14-17(16-5-3-2-4-6-16)22-20(24-18)21-7-8-26-9-11-27-12-10-26/h2-6,13-14H,7-12H2,1H3,(H2,21,22,23,24,25). The minimum absolute atomic E-state index is 0.581. The van der Waals surface area contributed by atoms with Crippen molar-refractivity contribution in [1.29, 1.82) is 0 Å². The molecule has 8 nitrogen and oxygen atoms in total. The van der Waals surface area contributed by atoms with Crippen molar-refractivity contribution in [2.45, 2.75) is 6.92 Å². The molecule has 0 bridgehead atoms. The normalized spacial score (nSPS) is 14.8. The Morgan fingerprint density at radius 1 is 1.04 bits per heavy atom. The van der Waals surface area contributed by atoms with Crippen LogP contribution in [0.2, 0.25) is 0 Å². The van der Waals surface area contributed by atoms with Gasteiger partial charge in [0.2, 0.25) is 5.95 Å². The van der Waals surface area contributed by atoms with Gasteiger partial charge in [-0.25, -0.2) is 4.98 Å². The number of morpholine rings is 1. The molecule has 1 aromatic carbocycles. The van der Waals surface area contributed by atoms with E-state index in [4.69, 9.17) is 9.26 Å². The van der Waals surface area contributed by atoms with Crippen molar-refractivity contribution < 1.29 is 9.26 Å². The van der Waals surface area contributed by atoms with Gasteiger partial charge < -0.3 is 19.9 Å². The topological polar surface area (TPSA) is 88.3 Å². The summed E-state index contributed by atoms with van der Waals surface area (Å²) in [5.41, 5.74) is 1.87. The minimum Gasteiger partial charge on any atom is -0.379 e. The molecule has 0 aliphatic carbocycles. The van der Waals surface area contributed by atoms with Crippen LogP contribution in [-0.4, -0.2) is 59.4 Å². The zero-order chi connectivity index (χ0) is 19.2. The third-order valence-corrected chi connectivity index (χ3v) is 4.49. The number of rotatable bonds is 7. The van der Waals surface area contributed by atoms with E-state index in [1.807, 2.05) is 49.4 Å². The number of aromatic nitrogens is 3. The van der Waals surface area contributed by atoms with Gasteiger partial charge in [0, 0.05) is 43.9 Å². The Morgan fingerprint density at radius 3 is 2.61 bits per heavy atom. The molecule has 4 rings (SSSR count). The Kier molecular flexibility index (Phi) is 5.79. The maximum Gasteiger partial charge on any atom is 0.225 e. The van der Waals surface area contributed by atoms with E-state index in [0.29, 0.717) is 17.6 Å². The molecule has 1 saturated heterocycles. The lowest BCUT2D eigenvalue weighted by molar-refractivity contribution is 0.0398. The summed E-state index contributed by atoms with van der Waals surface area (Å²) in [6, 6.07) is 13.8. The number of aryl methyl sites for hydroxylation is 1. The van der Waals surface area contributed by atoms with Crippen LogP contribution in [-0.2, 0) is 4.74 Å². The fraction of sp³-hybridized carbons (Fsp3) is 0.350. The molecule has 0 amide bonds. The average Bonchev–Trinajstić information content (AvgIpc) is 3.14. The monoisotopic (exact) mass is 380 g/mol. The predicted octanol–water partition coefficient (Wildman–Crippen LogP) is 2.93. The Morgan fingerprint density at radius 2 is 1.86 bits per heavy atom. The van der Waals surface area contributed by atoms with Crippen molar-refractivity contribution in [2.75, 3.05) is 50.0 Å². The SMILES string of the molecule is Cc1cc(Nc2cc(-c3ccccc3)nc(NCCN3CCOCC3)n2)no1. The molecule has 0 saturated carbocycles. The number of benzene rings is 1. The first-order chi connectivity index (χ1) is 13.8. The van der Waals surface area contributed by atoms with Crippen LogP contribution in [0.1, 0.15) is 5.76 Å². The largest absolute Gasteiger partial charge is 0.379 e. The van der Waals surface area contributed by atoms with Gasteiger partial charge in [-0.15, -0.1) is 0 Å². The molecule has 3 aromatic rings. The van der Waals surface area contributed by atoms with Gasteiger partial charge in [0.1, 0.15) is 11.6 Å². The van der Waals surface area contributed by atoms with E-state index < -0.39 is 0 Å². The van der Waals surface area contributed by atoms with E-state index in [9.17, 15) is 0 Å². The zero-order valence-corrected chi connectivity index (χ0v) is 15.9. The summed E-state index contributed by atoms with van der Waals surface area (Å²) < 4.78 is 10.5. The highest BCUT2D eigenvalue weighted by molar-refractivity contribution is 5.66. The van der Waals surface area contributed by atoms with Gasteiger partial charge in [-0.2, -0.15) is 4.98 Å². The molecule has 1 aliphatic heterocycles. The van der Waals surface area contributed by atoms with Crippen LogP contribution in [0.25, 0.3) is 11.3 Å². The first kappa shape index (κ1) is 18.4. The molecule has 2 N–H and O–H groups in total. The quantitative estimate of drug-likeness (QED) is 0.647. The molecule has 1 fully saturated rings. The molecule has 2 aromatic heterocycles. The number of ether oxygens (including phenoxy) is 1. The summed E-state index contributed by atoms with van der Waals surface area (Å²) in [5, 5.41) is 10.5. The lowest BCUT2D eigenvalue weighted by Crippen LogP contribution is -2.39. The van der Waals surface area contributed by atoms with Crippen LogP contribution in [0.3, 0.4) is 0 Å². The fourth-order valence-corrected chi connectivity index (χ4v) is 3.05. The minimum atomic E-state index is 0.581. The number of hydrogen-bond acceptors (Lipinski definition) is 8. The first-order valence-electron chi connectivity index (χ1n) is 9.45. The highest BCUT2D eigenvalue weighted by atomic mass is 16.5. The summed E-state index contributed by atoms with van der Waals surface area (Å²) in [7, 11) is 0. The van der Waals surface area contributed by atoms with Crippen LogP contribution in [0.4, 0.5) is 17.6 Å². The molecular weight excluding hydrogens is 356 g/mol. The van der Waals surface area contributed by atoms with Crippen LogP contribution in [0.15, 0.2) is 47.0 Å². The van der Waals surface area contributed by atoms with E-state index in [0.717, 1.165) is 56.4 Å². The summed E-state index contributed by atoms with van der Waals surface area (Å²) in [4.78, 5) is 11.6. The van der Waals surface area contributed by atoms with Gasteiger partial charge in [0.25, 0.3) is 0 Å². The van der Waals surface area contributed by atoms with Gasteiger partial charge in [0.15, 0.2) is 5.82 Å². The predicted molar refractivity (Wildman–Crippen MR) is 108 cm³/mol. The van der Waals surface area contributed by atoms with Crippen molar-refractivity contribution >= 4 is 17.6 Å². The Balaban J connectivity index is 1.51. The van der Waals surface area contributed by atoms with Gasteiger partial charge in [-0.05, 0) is 6.92 Å². The molecule has 0 radical (unpaired) electrons. The molecule has 3 heterocycles. The Labute approximate surface area is 163 Å². The van der Waals surface area contributed by atoms with E-state index >= 15 is 0 Å². The third kappa shape index (κ3) is 4.85. The first-order valence-corrected chi connectivity index (χ1v) is 9.45. The second-order valence-electron chi connectivity index (χ2n) is 6.66. The highest BCUT2D eigenvalue weighted by Gasteiger charge is 2.11. The molecule has 0 unspecified atom stereocenters. The average molecular weight is 380 g/mol. The Bertz CT molecular complexity index is 893. The number of hydrogen-bond donors (Lipinski definition) is 2. The second-order valence-corrected chi connectivity index (χ2v) is 6.66. The van der Waals surface area contributed by atoms with Crippen LogP contribution in [0, 0.1) is 6.92 Å². The van der Waals surface area contributed by atoms with Gasteiger partial charge in [-0.3, -0.25) is 4.90 Å². The molecule has 0 atom stereocenters. The molecule has 0 spiro atoms. The Hall–Kier alpha value is -2.97. The van der Waals surface area contributed by atoms with Crippen molar-refractivity contribution in [3.8, 4) is 11.3 Å². The maximum atomic E-state index is 5.39. The smallest absolute Gasteiger partial charge is 0.225 e. The van der Waals surface area contributed by atoms with E-state index in [2.05, 4.69) is 30.7 Å². The highest BCUT2D eigenvalue weighted by Crippen LogP contribution is 2.23. The number of nitrogens with one attached hydrogen (secondary N) is 2. The second kappa shape index (κ2) is 8.81. The zero-order valence-electron chi connectivity index (χ0n) is 15.9. The van der Waals surface area contributed by atoms with E-state index in [1.165, 1.54) is 0 Å². The summed E-state index contributed by atoms with van der Waals surface area (Å²) in [5.74, 6) is 2.60. The number of anilines is 3. The van der Waals surface area contributed by atoms with E-state index in [1.54, 1.807) is 0 Å². The van der Waals surface area contributed by atoms with Crippen molar-refractivity contribution in [3.05, 3.63) is 48.2 Å². The molecule has 28 heavy (non-hydrogen) atoms. The molecule has 8 heteroatoms. The van der Waals surface area contributed by atoms with Gasteiger partial charge in [0.05, 0.1) is 18.9 Å². The van der Waals surface area contributed by atoms with Crippen molar-refractivity contribution in [2.24, 2.45) is 0 Å². The van der Waals surface area contributed by atoms with Crippen molar-refractivity contribution in [3.63, 3.8) is 0 Å². The number of nitrogens with zero attached hydrogens (tertiary/aromatic N) is 4. The summed E-state index contributed by atoms with van der Waals surface area (Å²) in [6.07, 6.45) is 0. The molecule has 146 valence electrons. The third-order valence-electron chi connectivity index (χ3n) is 4.49. The van der Waals surface area contributed by atoms with Gasteiger partial charge in [-0.1, -0.05) is 35.5 Å². The van der Waals surface area contributed by atoms with Gasteiger partial charge >= 0.3 is 0 Å². The summed E-state index contributed by atoms with van der Waals surface area (Å²) in [6.45, 7) is 7.06. The summed E-state index contributed by atoms with van der Waals surface area (Å²) >= 11 is 0. The van der Waals surface area contributed by atoms with Crippen LogP contribution >= 0.6 is 0 Å². The fourth-order valence-electron chi connectivity index (χ4n) is 3.05. The van der Waals surface area contributed by atoms with Crippen LogP contribution < -0.4 is 10.6 Å². The lowest BCUT2D eigenvalue weighted by atomic mass is 10.1.